The second-order valence-corrected chi connectivity index (χ2v) is 2.96. The van der Waals surface area contributed by atoms with Crippen molar-refractivity contribution in [1.29, 1.82) is 0 Å². The first-order chi connectivity index (χ1) is 5.31. The molecule has 1 aliphatic carbocycles. The predicted octanol–water partition coefficient (Wildman–Crippen LogP) is 0.272. The summed E-state index contributed by atoms with van der Waals surface area (Å²) in [4.78, 5) is 10.7. The molecule has 4 nitrogen and oxygen atoms in total. The Kier molecular flexibility index (Phi) is 1.49. The Balaban J connectivity index is 1.82. The zero-order valence-electron chi connectivity index (χ0n) is 6.37. The molecular formula is C7H11NO3. The van der Waals surface area contributed by atoms with Crippen LogP contribution in [0.15, 0.2) is 0 Å². The molecule has 2 rings (SSSR count). The number of alkyl carbamates (subject to hydrolysis) is 1. The van der Waals surface area contributed by atoms with Crippen LogP contribution in [0.2, 0.25) is 0 Å². The second kappa shape index (κ2) is 2.37. The van der Waals surface area contributed by atoms with E-state index < -0.39 is 0 Å². The Morgan fingerprint density at radius 3 is 2.91 bits per heavy atom. The number of hydrogen-bond donors (Lipinski definition) is 1. The van der Waals surface area contributed by atoms with Crippen molar-refractivity contribution in [3.8, 4) is 0 Å². The molecule has 1 unspecified atom stereocenters. The van der Waals surface area contributed by atoms with E-state index in [9.17, 15) is 4.79 Å². The fraction of sp³-hybridized carbons (Fsp3) is 0.857. The molecule has 1 amide bonds. The molecule has 2 aliphatic rings. The highest BCUT2D eigenvalue weighted by atomic mass is 16.6. The summed E-state index contributed by atoms with van der Waals surface area (Å²) in [6.45, 7) is 0. The Morgan fingerprint density at radius 2 is 2.45 bits per heavy atom. The van der Waals surface area contributed by atoms with Crippen LogP contribution in [0.3, 0.4) is 0 Å². The van der Waals surface area contributed by atoms with Gasteiger partial charge in [-0.1, -0.05) is 0 Å². The molecule has 62 valence electrons. The van der Waals surface area contributed by atoms with Crippen molar-refractivity contribution in [3.05, 3.63) is 0 Å². The van der Waals surface area contributed by atoms with Gasteiger partial charge in [0.05, 0.1) is 19.3 Å². The van der Waals surface area contributed by atoms with Gasteiger partial charge in [-0.05, 0) is 12.8 Å². The molecular weight excluding hydrogens is 146 g/mol. The molecule has 11 heavy (non-hydrogen) atoms. The van der Waals surface area contributed by atoms with E-state index in [1.807, 2.05) is 0 Å². The van der Waals surface area contributed by atoms with Gasteiger partial charge in [-0.25, -0.2) is 4.79 Å². The molecule has 3 atom stereocenters. The molecule has 0 aromatic carbocycles. The van der Waals surface area contributed by atoms with Gasteiger partial charge in [-0.3, -0.25) is 0 Å². The maximum absolute atomic E-state index is 10.7. The molecule has 4 heteroatoms. The fourth-order valence-electron chi connectivity index (χ4n) is 1.62. The molecule has 1 aliphatic heterocycles. The van der Waals surface area contributed by atoms with Crippen molar-refractivity contribution in [2.45, 2.75) is 31.1 Å². The Morgan fingerprint density at radius 1 is 1.64 bits per heavy atom. The number of methoxy groups -OCH3 is 1. The van der Waals surface area contributed by atoms with Crippen molar-refractivity contribution in [2.75, 3.05) is 7.11 Å². The van der Waals surface area contributed by atoms with E-state index in [-0.39, 0.29) is 18.2 Å². The van der Waals surface area contributed by atoms with Crippen molar-refractivity contribution in [1.82, 2.24) is 5.32 Å². The minimum Gasteiger partial charge on any atom is -0.453 e. The highest BCUT2D eigenvalue weighted by Gasteiger charge is 2.50. The van der Waals surface area contributed by atoms with Crippen LogP contribution in [0.5, 0.6) is 0 Å². The van der Waals surface area contributed by atoms with E-state index in [0.29, 0.717) is 6.10 Å². The average Bonchev–Trinajstić information content (AvgIpc) is 2.70. The van der Waals surface area contributed by atoms with Crippen molar-refractivity contribution >= 4 is 6.09 Å². The normalized spacial score (nSPS) is 39.5. The van der Waals surface area contributed by atoms with Crippen LogP contribution in [0, 0.1) is 0 Å². The number of rotatable bonds is 1. The van der Waals surface area contributed by atoms with Gasteiger partial charge in [-0.15, -0.1) is 0 Å². The summed E-state index contributed by atoms with van der Waals surface area (Å²) in [5.41, 5.74) is 0. The second-order valence-electron chi connectivity index (χ2n) is 2.96. The molecule has 0 spiro atoms. The lowest BCUT2D eigenvalue weighted by Gasteiger charge is -2.10. The van der Waals surface area contributed by atoms with Crippen molar-refractivity contribution < 1.29 is 14.3 Å². The van der Waals surface area contributed by atoms with E-state index in [0.717, 1.165) is 12.8 Å². The van der Waals surface area contributed by atoms with Crippen molar-refractivity contribution in [2.24, 2.45) is 0 Å². The van der Waals surface area contributed by atoms with Crippen LogP contribution in [-0.4, -0.2) is 31.5 Å². The number of fused-ring (bicyclic) bond motifs is 1. The first kappa shape index (κ1) is 6.91. The van der Waals surface area contributed by atoms with E-state index >= 15 is 0 Å². The number of hydrogen-bond acceptors (Lipinski definition) is 3. The molecule has 2 fully saturated rings. The highest BCUT2D eigenvalue weighted by Crippen LogP contribution is 2.38. The molecule has 1 saturated carbocycles. The lowest BCUT2D eigenvalue weighted by atomic mass is 10.2. The first-order valence-corrected chi connectivity index (χ1v) is 3.81. The minimum absolute atomic E-state index is 0.187. The molecule has 0 aromatic heterocycles. The van der Waals surface area contributed by atoms with Gasteiger partial charge in [0.25, 0.3) is 0 Å². The summed E-state index contributed by atoms with van der Waals surface area (Å²) in [6, 6.07) is 0.187. The molecule has 1 saturated heterocycles. The van der Waals surface area contributed by atoms with Crippen LogP contribution in [0.25, 0.3) is 0 Å². The third-order valence-corrected chi connectivity index (χ3v) is 2.27. The van der Waals surface area contributed by atoms with E-state index in [4.69, 9.17) is 4.74 Å². The Hall–Kier alpha value is -0.770. The van der Waals surface area contributed by atoms with Crippen LogP contribution < -0.4 is 5.32 Å². The summed E-state index contributed by atoms with van der Waals surface area (Å²) in [5, 5.41) is 2.73. The molecule has 0 aromatic rings. The molecule has 0 radical (unpaired) electrons. The summed E-state index contributed by atoms with van der Waals surface area (Å²) in [6.07, 6.45) is 2.42. The number of ether oxygens (including phenoxy) is 2. The average molecular weight is 157 g/mol. The van der Waals surface area contributed by atoms with Gasteiger partial charge >= 0.3 is 6.09 Å². The Labute approximate surface area is 64.9 Å². The van der Waals surface area contributed by atoms with Crippen LogP contribution in [0.4, 0.5) is 4.79 Å². The van der Waals surface area contributed by atoms with Gasteiger partial charge in [0, 0.05) is 0 Å². The van der Waals surface area contributed by atoms with Gasteiger partial charge in [-0.2, -0.15) is 0 Å². The predicted molar refractivity (Wildman–Crippen MR) is 37.2 cm³/mol. The molecule has 1 heterocycles. The topological polar surface area (TPSA) is 50.9 Å². The lowest BCUT2D eigenvalue weighted by molar-refractivity contribution is 0.161. The number of epoxide rings is 1. The van der Waals surface area contributed by atoms with Crippen LogP contribution in [-0.2, 0) is 9.47 Å². The number of nitrogens with one attached hydrogen (secondary N) is 1. The highest BCUT2D eigenvalue weighted by molar-refractivity contribution is 5.67. The van der Waals surface area contributed by atoms with Crippen LogP contribution in [0.1, 0.15) is 12.8 Å². The zero-order valence-corrected chi connectivity index (χ0v) is 6.37. The largest absolute Gasteiger partial charge is 0.453 e. The lowest BCUT2D eigenvalue weighted by Crippen LogP contribution is -2.36. The summed E-state index contributed by atoms with van der Waals surface area (Å²) >= 11 is 0. The molecule has 0 bridgehead atoms. The van der Waals surface area contributed by atoms with Crippen LogP contribution >= 0.6 is 0 Å². The molecule has 1 N–H and O–H groups in total. The maximum atomic E-state index is 10.7. The Bertz CT molecular complexity index is 183. The smallest absolute Gasteiger partial charge is 0.407 e. The van der Waals surface area contributed by atoms with E-state index in [1.165, 1.54) is 7.11 Å². The minimum atomic E-state index is -0.355. The maximum Gasteiger partial charge on any atom is 0.407 e. The third-order valence-electron chi connectivity index (χ3n) is 2.27. The van der Waals surface area contributed by atoms with E-state index in [1.54, 1.807) is 0 Å². The fourth-order valence-corrected chi connectivity index (χ4v) is 1.62. The zero-order chi connectivity index (χ0) is 7.84. The SMILES string of the molecule is COC(=O)NC1CC[C@H]2O[C@@H]12. The summed E-state index contributed by atoms with van der Waals surface area (Å²) in [5.74, 6) is 0. The summed E-state index contributed by atoms with van der Waals surface area (Å²) in [7, 11) is 1.37. The quantitative estimate of drug-likeness (QED) is 0.556. The van der Waals surface area contributed by atoms with Gasteiger partial charge in [0.15, 0.2) is 0 Å². The van der Waals surface area contributed by atoms with Gasteiger partial charge in [0.2, 0.25) is 0 Å². The first-order valence-electron chi connectivity index (χ1n) is 3.81. The standard InChI is InChI=1S/C7H11NO3/c1-10-7(9)8-4-2-3-5-6(4)11-5/h4-6H,2-3H2,1H3,(H,8,9)/t4?,5-,6+/m1/s1. The number of amides is 1. The van der Waals surface area contributed by atoms with E-state index in [2.05, 4.69) is 10.1 Å². The van der Waals surface area contributed by atoms with Crippen molar-refractivity contribution in [3.63, 3.8) is 0 Å². The summed E-state index contributed by atoms with van der Waals surface area (Å²) < 4.78 is 9.71. The third kappa shape index (κ3) is 1.18. The van der Waals surface area contributed by atoms with Gasteiger partial charge < -0.3 is 14.8 Å². The number of carbonyl (C=O) groups is 1. The monoisotopic (exact) mass is 157 g/mol. The van der Waals surface area contributed by atoms with Gasteiger partial charge in [0.1, 0.15) is 6.10 Å². The number of carbonyl (C=O) groups excluding carboxylic acids is 1.